The predicted octanol–water partition coefficient (Wildman–Crippen LogP) is 7.36. The van der Waals surface area contributed by atoms with Crippen LogP contribution in [0, 0.1) is 25.7 Å². The molecule has 0 aliphatic carbocycles. The molecule has 4 saturated heterocycles. The summed E-state index contributed by atoms with van der Waals surface area (Å²) in [4.78, 5) is 67.5. The van der Waals surface area contributed by atoms with Crippen molar-refractivity contribution < 1.29 is 70.3 Å². The van der Waals surface area contributed by atoms with Crippen molar-refractivity contribution >= 4 is 46.9 Å². The zero-order valence-corrected chi connectivity index (χ0v) is 44.8. The molecule has 4 aliphatic heterocycles. The predicted molar refractivity (Wildman–Crippen MR) is 286 cm³/mol. The third-order valence-electron chi connectivity index (χ3n) is 13.7. The van der Waals surface area contributed by atoms with Crippen LogP contribution in [0.5, 0.6) is 0 Å². The number of carbonyl (C=O) groups is 4. The number of morpholine rings is 2. The van der Waals surface area contributed by atoms with Crippen LogP contribution in [0.1, 0.15) is 57.8 Å². The molecule has 4 aromatic rings. The number of amides is 5. The highest BCUT2D eigenvalue weighted by molar-refractivity contribution is 5.95. The lowest BCUT2D eigenvalue weighted by Crippen LogP contribution is -2.37. The van der Waals surface area contributed by atoms with Gasteiger partial charge in [0.1, 0.15) is 17.3 Å². The van der Waals surface area contributed by atoms with Crippen molar-refractivity contribution in [2.75, 3.05) is 140 Å². The highest BCUT2D eigenvalue weighted by Gasteiger charge is 2.38. The Morgan fingerprint density at radius 3 is 1.46 bits per heavy atom. The van der Waals surface area contributed by atoms with Crippen LogP contribution < -0.4 is 25.8 Å². The van der Waals surface area contributed by atoms with Gasteiger partial charge in [0, 0.05) is 96.7 Å². The molecule has 2 atom stereocenters. The highest BCUT2D eigenvalue weighted by Crippen LogP contribution is 2.35. The number of aromatic nitrogens is 2. The summed E-state index contributed by atoms with van der Waals surface area (Å²) in [6.45, 7) is 9.91. The Balaban J connectivity index is 0.000000236. The fourth-order valence-corrected chi connectivity index (χ4v) is 9.48. The van der Waals surface area contributed by atoms with Crippen molar-refractivity contribution in [2.45, 2.75) is 51.9 Å². The maximum Gasteiger partial charge on any atom is 0.389 e. The Kier molecular flexibility index (Phi) is 22.1. The number of urea groups is 2. The average Bonchev–Trinajstić information content (AvgIpc) is 4.15. The van der Waals surface area contributed by atoms with Gasteiger partial charge in [-0.2, -0.15) is 26.3 Å². The maximum absolute atomic E-state index is 13.1. The van der Waals surface area contributed by atoms with Gasteiger partial charge in [0.15, 0.2) is 5.69 Å². The number of rotatable bonds is 14. The van der Waals surface area contributed by atoms with Crippen LogP contribution >= 0.6 is 0 Å². The van der Waals surface area contributed by atoms with Gasteiger partial charge in [-0.3, -0.25) is 4.79 Å². The summed E-state index contributed by atoms with van der Waals surface area (Å²) < 4.78 is 87.2. The van der Waals surface area contributed by atoms with Gasteiger partial charge in [0.2, 0.25) is 0 Å². The minimum atomic E-state index is -4.25. The van der Waals surface area contributed by atoms with Crippen LogP contribution in [-0.2, 0) is 9.47 Å². The number of carbonyl (C=O) groups excluding carboxylic acids is 3. The molecule has 5 amide bonds. The van der Waals surface area contributed by atoms with E-state index in [2.05, 4.69) is 25.9 Å². The lowest BCUT2D eigenvalue weighted by molar-refractivity contribution is -0.144. The fourth-order valence-electron chi connectivity index (χ4n) is 9.48. The quantitative estimate of drug-likeness (QED) is 0.0679. The van der Waals surface area contributed by atoms with E-state index < -0.39 is 55.1 Å². The number of halogens is 6. The average molecular weight is 1120 g/mol. The number of anilines is 4. The molecule has 0 unspecified atom stereocenters. The smallest absolute Gasteiger partial charge is 0.389 e. The number of nitrogens with one attached hydrogen (secondary N) is 3. The normalized spacial score (nSPS) is 17.6. The summed E-state index contributed by atoms with van der Waals surface area (Å²) in [6, 6.07) is 16.6. The van der Waals surface area contributed by atoms with Crippen molar-refractivity contribution in [3.63, 3.8) is 0 Å². The Labute approximate surface area is 454 Å². The molecule has 8 rings (SSSR count). The topological polar surface area (TPSA) is 225 Å². The van der Waals surface area contributed by atoms with Crippen LogP contribution in [0.3, 0.4) is 0 Å². The Hall–Kier alpha value is -6.80. The number of hydrogen-bond acceptors (Lipinski definition) is 13. The fraction of sp³-hybridized carbons (Fsp3) is 0.519. The van der Waals surface area contributed by atoms with E-state index in [1.807, 2.05) is 41.8 Å². The van der Waals surface area contributed by atoms with Crippen LogP contribution in [0.2, 0.25) is 0 Å². The Morgan fingerprint density at radius 2 is 1.08 bits per heavy atom. The van der Waals surface area contributed by atoms with E-state index >= 15 is 0 Å². The van der Waals surface area contributed by atoms with Gasteiger partial charge in [-0.05, 0) is 127 Å². The molecule has 79 heavy (non-hydrogen) atoms. The van der Waals surface area contributed by atoms with Gasteiger partial charge in [-0.15, -0.1) is 0 Å². The van der Waals surface area contributed by atoms with E-state index in [9.17, 15) is 55.7 Å². The summed E-state index contributed by atoms with van der Waals surface area (Å²) in [5.74, 6) is -1.52. The molecule has 6 heterocycles. The van der Waals surface area contributed by atoms with Crippen LogP contribution in [-0.4, -0.2) is 195 Å². The summed E-state index contributed by atoms with van der Waals surface area (Å²) in [5, 5.41) is 35.2. The third-order valence-corrected chi connectivity index (χ3v) is 13.7. The number of aliphatic hydroxyl groups is 2. The molecule has 6 N–H and O–H groups in total. The zero-order chi connectivity index (χ0) is 57.4. The second-order valence-electron chi connectivity index (χ2n) is 19.7. The second kappa shape index (κ2) is 28.4. The van der Waals surface area contributed by atoms with Gasteiger partial charge in [0.25, 0.3) is 5.91 Å². The van der Waals surface area contributed by atoms with Crippen molar-refractivity contribution in [1.29, 1.82) is 0 Å². The van der Waals surface area contributed by atoms with Crippen molar-refractivity contribution in [2.24, 2.45) is 11.8 Å². The standard InChI is InChI=1S/C27H34F3N5O4.C24H27F3N4O4.C3H9NO/c1-18-3-4-21(31-26(38)35-6-5-19(17-35)16-27(28,29)30)15-22(18)20-13-23(25(37)33(2)7-10-36)32-24(14-20)34-8-11-39-12-9-34;1-15-2-3-18(28-23(34)31-5-4-16(14-31)13-24(25,26)27)12-19(15)17-10-20(22(32)33)29-21(11-17)30-6-8-35-9-7-30;1-4-2-3-5/h3-4,13-15,19,36H,5-12,16-17H2,1-2H3,(H,31,38);2-3,10-12,16H,4-9,13-14H2,1H3,(H,28,34)(H,32,33);4-5H,2-3H2,1H3/t19-;16-;/m00./s1. The number of nitrogens with zero attached hydrogens (tertiary/aromatic N) is 7. The molecule has 0 spiro atoms. The number of aromatic carboxylic acids is 1. The second-order valence-corrected chi connectivity index (χ2v) is 19.7. The number of aliphatic hydroxyl groups excluding tert-OH is 2. The number of hydrogen-bond donors (Lipinski definition) is 6. The number of alkyl halides is 6. The summed E-state index contributed by atoms with van der Waals surface area (Å²) in [7, 11) is 3.40. The molecule has 25 heteroatoms. The van der Waals surface area contributed by atoms with E-state index in [0.717, 1.165) is 27.8 Å². The minimum Gasteiger partial charge on any atom is -0.477 e. The first-order valence-electron chi connectivity index (χ1n) is 26.1. The van der Waals surface area contributed by atoms with Crippen molar-refractivity contribution in [3.05, 3.63) is 83.2 Å². The number of ether oxygens (including phenoxy) is 2. The van der Waals surface area contributed by atoms with E-state index in [1.165, 1.54) is 20.8 Å². The summed E-state index contributed by atoms with van der Waals surface area (Å²) in [5.41, 5.74) is 5.73. The molecule has 2 aromatic heterocycles. The molecule has 4 aliphatic rings. The van der Waals surface area contributed by atoms with E-state index in [1.54, 1.807) is 50.5 Å². The lowest BCUT2D eigenvalue weighted by Gasteiger charge is -2.29. The third kappa shape index (κ3) is 18.4. The number of aryl methyl sites for hydroxylation is 2. The summed E-state index contributed by atoms with van der Waals surface area (Å²) >= 11 is 0. The van der Waals surface area contributed by atoms with E-state index in [-0.39, 0.29) is 63.2 Å². The first-order chi connectivity index (χ1) is 37.5. The monoisotopic (exact) mass is 1120 g/mol. The summed E-state index contributed by atoms with van der Waals surface area (Å²) in [6.07, 6.45) is -9.66. The molecule has 432 valence electrons. The van der Waals surface area contributed by atoms with Crippen LogP contribution in [0.25, 0.3) is 22.3 Å². The number of pyridine rings is 2. The number of carboxylic acid groups (broad SMARTS) is 1. The highest BCUT2D eigenvalue weighted by atomic mass is 19.4. The van der Waals surface area contributed by atoms with Gasteiger partial charge >= 0.3 is 30.4 Å². The molecule has 4 fully saturated rings. The molecule has 19 nitrogen and oxygen atoms in total. The van der Waals surface area contributed by atoms with Crippen molar-refractivity contribution in [3.8, 4) is 22.3 Å². The maximum atomic E-state index is 13.1. The van der Waals surface area contributed by atoms with Gasteiger partial charge in [-0.25, -0.2) is 24.4 Å². The number of benzene rings is 2. The van der Waals surface area contributed by atoms with Gasteiger partial charge in [-0.1, -0.05) is 12.1 Å². The SMILES string of the molecule is CNCCO.Cc1ccc(NC(=O)N2CC[C@@H](CC(F)(F)F)C2)cc1-c1cc(C(=O)N(C)CCO)nc(N2CCOCC2)c1.Cc1ccc(NC(=O)N2CC[C@@H](CC(F)(F)F)C2)cc1-c1cc(C(=O)O)nc(N2CCOCC2)c1. The number of likely N-dealkylation sites (N-methyl/N-ethyl adjacent to an activating group) is 2. The first-order valence-corrected chi connectivity index (χ1v) is 26.1. The van der Waals surface area contributed by atoms with Gasteiger partial charge in [0.05, 0.1) is 39.6 Å². The number of carboxylic acids is 1. The number of likely N-dealkylation sites (tertiary alicyclic amines) is 2. The molecule has 2 aromatic carbocycles. The Morgan fingerprint density at radius 1 is 0.646 bits per heavy atom. The van der Waals surface area contributed by atoms with E-state index in [0.29, 0.717) is 101 Å². The van der Waals surface area contributed by atoms with E-state index in [4.69, 9.17) is 14.6 Å². The minimum absolute atomic E-state index is 0.0549. The largest absolute Gasteiger partial charge is 0.477 e. The zero-order valence-electron chi connectivity index (χ0n) is 44.8. The van der Waals surface area contributed by atoms with Gasteiger partial charge < -0.3 is 65.2 Å². The van der Waals surface area contributed by atoms with Crippen molar-refractivity contribution in [1.82, 2.24) is 30.0 Å². The Bertz CT molecular complexity index is 2700. The van der Waals surface area contributed by atoms with Crippen LogP contribution in [0.15, 0.2) is 60.7 Å². The van der Waals surface area contributed by atoms with Crippen LogP contribution in [0.4, 0.5) is 58.9 Å². The first kappa shape index (κ1) is 61.4. The molecule has 0 bridgehead atoms. The lowest BCUT2D eigenvalue weighted by atomic mass is 9.99. The molecule has 0 saturated carbocycles. The molecular weight excluding hydrogens is 1050 g/mol. The molecule has 0 radical (unpaired) electrons. The molecular formula is C54H70F6N10O9.